The third-order valence-electron chi connectivity index (χ3n) is 2.67. The van der Waals surface area contributed by atoms with Crippen LogP contribution in [0.3, 0.4) is 0 Å². The quantitative estimate of drug-likeness (QED) is 0.575. The van der Waals surface area contributed by atoms with Gasteiger partial charge in [0, 0.05) is 18.7 Å². The van der Waals surface area contributed by atoms with Crippen molar-refractivity contribution in [2.45, 2.75) is 26.7 Å². The Hall–Kier alpha value is -1.52. The van der Waals surface area contributed by atoms with Crippen LogP contribution in [0, 0.1) is 0 Å². The van der Waals surface area contributed by atoms with E-state index in [4.69, 9.17) is 9.84 Å². The number of carboxylic acid groups (broad SMARTS) is 1. The fourth-order valence-electron chi connectivity index (χ4n) is 1.72. The molecule has 5 nitrogen and oxygen atoms in total. The molecule has 0 aromatic heterocycles. The second kappa shape index (κ2) is 5.53. The molecule has 1 aliphatic heterocycles. The van der Waals surface area contributed by atoms with Crippen molar-refractivity contribution >= 4 is 12.1 Å². The van der Waals surface area contributed by atoms with Gasteiger partial charge in [0.15, 0.2) is 0 Å². The molecule has 1 rings (SSSR count). The van der Waals surface area contributed by atoms with E-state index in [1.54, 1.807) is 13.8 Å². The minimum atomic E-state index is -0.936. The Morgan fingerprint density at radius 3 is 2.75 bits per heavy atom. The SMILES string of the molecule is CCOC(=O)C(C)=C1CCCN(C(=O)O)C1. The fraction of sp³-hybridized carbons (Fsp3) is 0.636. The molecule has 90 valence electrons. The van der Waals surface area contributed by atoms with Gasteiger partial charge in [0.25, 0.3) is 0 Å². The summed E-state index contributed by atoms with van der Waals surface area (Å²) in [5.74, 6) is -0.343. The van der Waals surface area contributed by atoms with Gasteiger partial charge in [0.1, 0.15) is 0 Å². The number of piperidine rings is 1. The summed E-state index contributed by atoms with van der Waals surface area (Å²) in [6, 6.07) is 0. The third-order valence-corrected chi connectivity index (χ3v) is 2.67. The molecule has 1 saturated heterocycles. The minimum absolute atomic E-state index is 0.319. The van der Waals surface area contributed by atoms with E-state index in [1.165, 1.54) is 4.90 Å². The van der Waals surface area contributed by atoms with Gasteiger partial charge in [0.05, 0.1) is 6.61 Å². The van der Waals surface area contributed by atoms with Crippen molar-refractivity contribution < 1.29 is 19.4 Å². The number of carbonyl (C=O) groups excluding carboxylic acids is 1. The standard InChI is InChI=1S/C11H17NO4/c1-3-16-10(13)8(2)9-5-4-6-12(7-9)11(14)15/h3-7H2,1-2H3,(H,14,15). The van der Waals surface area contributed by atoms with E-state index in [9.17, 15) is 9.59 Å². The van der Waals surface area contributed by atoms with Crippen molar-refractivity contribution in [2.75, 3.05) is 19.7 Å². The first-order valence-electron chi connectivity index (χ1n) is 5.39. The maximum absolute atomic E-state index is 11.5. The van der Waals surface area contributed by atoms with Crippen LogP contribution in [0.1, 0.15) is 26.7 Å². The Balaban J connectivity index is 2.74. The number of carbonyl (C=O) groups is 2. The molecule has 0 bridgehead atoms. The van der Waals surface area contributed by atoms with Crippen molar-refractivity contribution in [1.29, 1.82) is 0 Å². The number of esters is 1. The monoisotopic (exact) mass is 227 g/mol. The Morgan fingerprint density at radius 1 is 1.50 bits per heavy atom. The van der Waals surface area contributed by atoms with E-state index in [0.717, 1.165) is 18.4 Å². The van der Waals surface area contributed by atoms with Gasteiger partial charge in [-0.25, -0.2) is 9.59 Å². The first-order chi connectivity index (χ1) is 7.56. The molecular formula is C11H17NO4. The number of likely N-dealkylation sites (tertiary alicyclic amines) is 1. The Bertz CT molecular complexity index is 322. The Morgan fingerprint density at radius 2 is 2.19 bits per heavy atom. The summed E-state index contributed by atoms with van der Waals surface area (Å²) < 4.78 is 4.89. The molecule has 1 aliphatic rings. The van der Waals surface area contributed by atoms with Crippen LogP contribution in [-0.2, 0) is 9.53 Å². The average Bonchev–Trinajstić information content (AvgIpc) is 2.28. The zero-order valence-electron chi connectivity index (χ0n) is 9.65. The molecule has 0 aromatic carbocycles. The van der Waals surface area contributed by atoms with Crippen LogP contribution in [0.25, 0.3) is 0 Å². The van der Waals surface area contributed by atoms with Crippen molar-refractivity contribution in [3.05, 3.63) is 11.1 Å². The van der Waals surface area contributed by atoms with E-state index < -0.39 is 6.09 Å². The number of rotatable bonds is 2. The molecule has 0 aromatic rings. The molecule has 0 unspecified atom stereocenters. The van der Waals surface area contributed by atoms with Gasteiger partial charge in [-0.2, -0.15) is 0 Å². The van der Waals surface area contributed by atoms with Crippen molar-refractivity contribution in [2.24, 2.45) is 0 Å². The molecule has 0 radical (unpaired) electrons. The van der Waals surface area contributed by atoms with Crippen LogP contribution >= 0.6 is 0 Å². The predicted molar refractivity (Wildman–Crippen MR) is 58.2 cm³/mol. The van der Waals surface area contributed by atoms with Crippen molar-refractivity contribution in [3.8, 4) is 0 Å². The summed E-state index contributed by atoms with van der Waals surface area (Å²) in [5.41, 5.74) is 1.42. The lowest BCUT2D eigenvalue weighted by molar-refractivity contribution is -0.138. The molecule has 0 atom stereocenters. The lowest BCUT2D eigenvalue weighted by atomic mass is 10.00. The Kier molecular flexibility index (Phi) is 4.34. The zero-order valence-corrected chi connectivity index (χ0v) is 9.65. The van der Waals surface area contributed by atoms with Gasteiger partial charge < -0.3 is 14.7 Å². The summed E-state index contributed by atoms with van der Waals surface area (Å²) in [5, 5.41) is 8.87. The molecule has 5 heteroatoms. The minimum Gasteiger partial charge on any atom is -0.465 e. The summed E-state index contributed by atoms with van der Waals surface area (Å²) >= 11 is 0. The van der Waals surface area contributed by atoms with E-state index >= 15 is 0 Å². The summed E-state index contributed by atoms with van der Waals surface area (Å²) in [7, 11) is 0. The van der Waals surface area contributed by atoms with Gasteiger partial charge in [-0.05, 0) is 32.3 Å². The van der Waals surface area contributed by atoms with Gasteiger partial charge in [-0.3, -0.25) is 0 Å². The molecule has 1 N–H and O–H groups in total. The average molecular weight is 227 g/mol. The number of amides is 1. The zero-order chi connectivity index (χ0) is 12.1. The van der Waals surface area contributed by atoms with Crippen LogP contribution in [0.15, 0.2) is 11.1 Å². The molecule has 0 aliphatic carbocycles. The lowest BCUT2D eigenvalue weighted by Gasteiger charge is -2.27. The van der Waals surface area contributed by atoms with Gasteiger partial charge in [-0.15, -0.1) is 0 Å². The highest BCUT2D eigenvalue weighted by atomic mass is 16.5. The molecule has 16 heavy (non-hydrogen) atoms. The summed E-state index contributed by atoms with van der Waals surface area (Å²) in [6.07, 6.45) is 0.598. The van der Waals surface area contributed by atoms with Crippen molar-refractivity contribution in [1.82, 2.24) is 4.90 Å². The molecule has 1 heterocycles. The Labute approximate surface area is 94.7 Å². The van der Waals surface area contributed by atoms with Gasteiger partial charge in [-0.1, -0.05) is 0 Å². The predicted octanol–water partition coefficient (Wildman–Crippen LogP) is 1.64. The largest absolute Gasteiger partial charge is 0.465 e. The third kappa shape index (κ3) is 2.98. The van der Waals surface area contributed by atoms with Crippen LogP contribution < -0.4 is 0 Å². The molecular weight excluding hydrogens is 210 g/mol. The fourth-order valence-corrected chi connectivity index (χ4v) is 1.72. The first-order valence-corrected chi connectivity index (χ1v) is 5.39. The molecule has 1 fully saturated rings. The van der Waals surface area contributed by atoms with E-state index in [1.807, 2.05) is 0 Å². The second-order valence-corrected chi connectivity index (χ2v) is 3.76. The first kappa shape index (κ1) is 12.5. The van der Waals surface area contributed by atoms with Crippen LogP contribution in [0.5, 0.6) is 0 Å². The lowest BCUT2D eigenvalue weighted by Crippen LogP contribution is -2.36. The maximum atomic E-state index is 11.5. The highest BCUT2D eigenvalue weighted by molar-refractivity contribution is 5.88. The highest BCUT2D eigenvalue weighted by Crippen LogP contribution is 2.19. The van der Waals surface area contributed by atoms with E-state index in [0.29, 0.717) is 25.3 Å². The molecule has 0 saturated carbocycles. The van der Waals surface area contributed by atoms with Crippen LogP contribution in [0.4, 0.5) is 4.79 Å². The normalized spacial score (nSPS) is 19.2. The summed E-state index contributed by atoms with van der Waals surface area (Å²) in [4.78, 5) is 23.6. The number of hydrogen-bond acceptors (Lipinski definition) is 3. The van der Waals surface area contributed by atoms with Crippen LogP contribution in [-0.4, -0.2) is 41.8 Å². The van der Waals surface area contributed by atoms with Crippen LogP contribution in [0.2, 0.25) is 0 Å². The van der Waals surface area contributed by atoms with E-state index in [2.05, 4.69) is 0 Å². The topological polar surface area (TPSA) is 66.8 Å². The van der Waals surface area contributed by atoms with E-state index in [-0.39, 0.29) is 5.97 Å². The van der Waals surface area contributed by atoms with Gasteiger partial charge >= 0.3 is 12.1 Å². The highest BCUT2D eigenvalue weighted by Gasteiger charge is 2.22. The molecule has 1 amide bonds. The van der Waals surface area contributed by atoms with Crippen molar-refractivity contribution in [3.63, 3.8) is 0 Å². The second-order valence-electron chi connectivity index (χ2n) is 3.76. The number of ether oxygens (including phenoxy) is 1. The smallest absolute Gasteiger partial charge is 0.407 e. The number of hydrogen-bond donors (Lipinski definition) is 1. The maximum Gasteiger partial charge on any atom is 0.407 e. The molecule has 0 spiro atoms. The van der Waals surface area contributed by atoms with Gasteiger partial charge in [0.2, 0.25) is 0 Å². The number of nitrogens with zero attached hydrogens (tertiary/aromatic N) is 1. The summed E-state index contributed by atoms with van der Waals surface area (Å²) in [6.45, 7) is 4.64.